The van der Waals surface area contributed by atoms with Crippen molar-refractivity contribution in [2.24, 2.45) is 0 Å². The van der Waals surface area contributed by atoms with Crippen LogP contribution in [-0.4, -0.2) is 30.0 Å². The second-order valence-electron chi connectivity index (χ2n) is 5.76. The lowest BCUT2D eigenvalue weighted by molar-refractivity contribution is -0.139. The van der Waals surface area contributed by atoms with Crippen LogP contribution < -0.4 is 20.3 Å². The normalized spacial score (nSPS) is 24.9. The number of carboxylic acid groups (broad SMARTS) is 1. The Balaban J connectivity index is 1.83. The van der Waals surface area contributed by atoms with E-state index >= 15 is 0 Å². The maximum absolute atomic E-state index is 11.0. The average Bonchev–Trinajstić information content (AvgIpc) is 3.07. The van der Waals surface area contributed by atoms with Crippen molar-refractivity contribution in [3.8, 4) is 11.5 Å². The van der Waals surface area contributed by atoms with E-state index < -0.39 is 12.0 Å². The molecule has 3 rings (SSSR count). The maximum Gasteiger partial charge on any atom is 0.322 e. The van der Waals surface area contributed by atoms with Gasteiger partial charge in [0.15, 0.2) is 11.5 Å². The smallest absolute Gasteiger partial charge is 0.322 e. The summed E-state index contributed by atoms with van der Waals surface area (Å²) in [5, 5.41) is 9.06. The highest BCUT2D eigenvalue weighted by atomic mass is 16.7. The Labute approximate surface area is 117 Å². The Morgan fingerprint density at radius 1 is 1.30 bits per heavy atom. The van der Waals surface area contributed by atoms with E-state index in [4.69, 9.17) is 14.6 Å². The third-order valence-corrected chi connectivity index (χ3v) is 4.19. The molecule has 0 aliphatic carbocycles. The predicted octanol–water partition coefficient (Wildman–Crippen LogP) is 1.01. The second kappa shape index (κ2) is 4.64. The van der Waals surface area contributed by atoms with Crippen LogP contribution in [0.5, 0.6) is 11.5 Å². The zero-order valence-electron chi connectivity index (χ0n) is 11.5. The highest BCUT2D eigenvalue weighted by molar-refractivity contribution is 5.73. The van der Waals surface area contributed by atoms with E-state index in [0.29, 0.717) is 6.42 Å². The Hall–Kier alpha value is -1.79. The molecule has 1 aromatic carbocycles. The van der Waals surface area contributed by atoms with Gasteiger partial charge in [-0.05, 0) is 24.1 Å². The van der Waals surface area contributed by atoms with Crippen molar-refractivity contribution in [3.05, 3.63) is 23.8 Å². The van der Waals surface area contributed by atoms with Gasteiger partial charge in [0.25, 0.3) is 0 Å². The van der Waals surface area contributed by atoms with Crippen LogP contribution in [0, 0.1) is 0 Å². The molecule has 6 nitrogen and oxygen atoms in total. The Kier molecular flexibility index (Phi) is 3.07. The molecule has 0 amide bonds. The first-order chi connectivity index (χ1) is 9.48. The maximum atomic E-state index is 11.0. The van der Waals surface area contributed by atoms with Crippen LogP contribution >= 0.6 is 0 Å². The summed E-state index contributed by atoms with van der Waals surface area (Å²) in [6, 6.07) is 5.36. The lowest BCUT2D eigenvalue weighted by Crippen LogP contribution is -2.44. The van der Waals surface area contributed by atoms with Gasteiger partial charge in [0.2, 0.25) is 6.79 Å². The Bertz CT molecular complexity index is 544. The van der Waals surface area contributed by atoms with Crippen molar-refractivity contribution in [1.82, 2.24) is 10.9 Å². The summed E-state index contributed by atoms with van der Waals surface area (Å²) in [7, 11) is 0. The van der Waals surface area contributed by atoms with Crippen LogP contribution in [0.15, 0.2) is 18.2 Å². The van der Waals surface area contributed by atoms with Crippen LogP contribution in [0.25, 0.3) is 0 Å². The van der Waals surface area contributed by atoms with Gasteiger partial charge in [-0.15, -0.1) is 0 Å². The molecule has 1 fully saturated rings. The molecule has 0 radical (unpaired) electrons. The fourth-order valence-corrected chi connectivity index (χ4v) is 2.69. The highest BCUT2D eigenvalue weighted by Crippen LogP contribution is 2.38. The minimum Gasteiger partial charge on any atom is -0.480 e. The number of carboxylic acids is 1. The quantitative estimate of drug-likeness (QED) is 0.766. The summed E-state index contributed by atoms with van der Waals surface area (Å²) in [4.78, 5) is 11.0. The topological polar surface area (TPSA) is 79.8 Å². The summed E-state index contributed by atoms with van der Waals surface area (Å²) >= 11 is 0. The first kappa shape index (κ1) is 13.2. The molecule has 6 heteroatoms. The molecule has 0 bridgehead atoms. The van der Waals surface area contributed by atoms with E-state index in [9.17, 15) is 4.79 Å². The summed E-state index contributed by atoms with van der Waals surface area (Å²) < 4.78 is 10.7. The molecular formula is C14H18N2O4. The number of benzene rings is 1. The van der Waals surface area contributed by atoms with Crippen LogP contribution in [0.1, 0.15) is 25.8 Å². The minimum atomic E-state index is -0.832. The number of rotatable bonds is 3. The van der Waals surface area contributed by atoms with Gasteiger partial charge < -0.3 is 14.6 Å². The molecular weight excluding hydrogens is 260 g/mol. The Morgan fingerprint density at radius 3 is 2.75 bits per heavy atom. The number of hydrogen-bond donors (Lipinski definition) is 3. The number of hydrogen-bond acceptors (Lipinski definition) is 5. The van der Waals surface area contributed by atoms with Crippen LogP contribution in [0.4, 0.5) is 0 Å². The fraction of sp³-hybridized carbons (Fsp3) is 0.500. The molecule has 20 heavy (non-hydrogen) atoms. The van der Waals surface area contributed by atoms with Gasteiger partial charge in [-0.1, -0.05) is 19.9 Å². The number of fused-ring (bicyclic) bond motifs is 1. The van der Waals surface area contributed by atoms with Gasteiger partial charge in [-0.25, -0.2) is 5.43 Å². The third-order valence-electron chi connectivity index (χ3n) is 4.19. The van der Waals surface area contributed by atoms with Crippen LogP contribution in [0.2, 0.25) is 0 Å². The van der Waals surface area contributed by atoms with Crippen molar-refractivity contribution in [2.75, 3.05) is 6.79 Å². The monoisotopic (exact) mass is 278 g/mol. The first-order valence-electron chi connectivity index (χ1n) is 6.62. The molecule has 2 unspecified atom stereocenters. The number of nitrogens with one attached hydrogen (secondary N) is 2. The SMILES string of the molecule is CC(C)(c1ccc2c(c1)OCO2)C1CC(C(=O)O)NN1. The number of ether oxygens (including phenoxy) is 2. The third kappa shape index (κ3) is 2.10. The lowest BCUT2D eigenvalue weighted by Gasteiger charge is -2.32. The summed E-state index contributed by atoms with van der Waals surface area (Å²) in [6.45, 7) is 4.44. The standard InChI is InChI=1S/C14H18N2O4/c1-14(2,12-6-9(13(17)18)15-16-12)8-3-4-10-11(5-8)20-7-19-10/h3-5,9,12,15-16H,6-7H2,1-2H3,(H,17,18). The van der Waals surface area contributed by atoms with Crippen molar-refractivity contribution in [2.45, 2.75) is 37.8 Å². The lowest BCUT2D eigenvalue weighted by atomic mass is 9.76. The molecule has 2 atom stereocenters. The molecule has 108 valence electrons. The predicted molar refractivity (Wildman–Crippen MR) is 71.7 cm³/mol. The zero-order chi connectivity index (χ0) is 14.3. The van der Waals surface area contributed by atoms with Gasteiger partial charge in [0.1, 0.15) is 6.04 Å². The Morgan fingerprint density at radius 2 is 2.05 bits per heavy atom. The summed E-state index contributed by atoms with van der Waals surface area (Å²) in [5.41, 5.74) is 6.79. The molecule has 0 spiro atoms. The minimum absolute atomic E-state index is 0.0315. The molecule has 0 saturated carbocycles. The highest BCUT2D eigenvalue weighted by Gasteiger charge is 2.39. The van der Waals surface area contributed by atoms with E-state index in [1.54, 1.807) is 0 Å². The molecule has 0 aromatic heterocycles. The van der Waals surface area contributed by atoms with Crippen molar-refractivity contribution in [1.29, 1.82) is 0 Å². The molecule has 2 aliphatic rings. The largest absolute Gasteiger partial charge is 0.480 e. The van der Waals surface area contributed by atoms with E-state index in [0.717, 1.165) is 17.1 Å². The fourth-order valence-electron chi connectivity index (χ4n) is 2.69. The molecule has 2 aliphatic heterocycles. The van der Waals surface area contributed by atoms with Crippen molar-refractivity contribution >= 4 is 5.97 Å². The van der Waals surface area contributed by atoms with Crippen molar-refractivity contribution < 1.29 is 19.4 Å². The van der Waals surface area contributed by atoms with E-state index in [1.807, 2.05) is 18.2 Å². The van der Waals surface area contributed by atoms with Crippen LogP contribution in [-0.2, 0) is 10.2 Å². The van der Waals surface area contributed by atoms with Gasteiger partial charge in [-0.2, -0.15) is 0 Å². The summed E-state index contributed by atoms with van der Waals surface area (Å²) in [6.07, 6.45) is 0.538. The zero-order valence-corrected chi connectivity index (χ0v) is 11.5. The van der Waals surface area contributed by atoms with Gasteiger partial charge in [0, 0.05) is 11.5 Å². The number of hydrazine groups is 1. The second-order valence-corrected chi connectivity index (χ2v) is 5.76. The average molecular weight is 278 g/mol. The van der Waals surface area contributed by atoms with Crippen molar-refractivity contribution in [3.63, 3.8) is 0 Å². The van der Waals surface area contributed by atoms with Gasteiger partial charge in [-0.3, -0.25) is 10.2 Å². The molecule has 2 heterocycles. The number of carbonyl (C=O) groups is 1. The van der Waals surface area contributed by atoms with Gasteiger partial charge >= 0.3 is 5.97 Å². The number of aliphatic carboxylic acids is 1. The van der Waals surface area contributed by atoms with Crippen LogP contribution in [0.3, 0.4) is 0 Å². The first-order valence-corrected chi connectivity index (χ1v) is 6.62. The molecule has 3 N–H and O–H groups in total. The molecule has 1 aromatic rings. The van der Waals surface area contributed by atoms with E-state index in [-0.39, 0.29) is 18.2 Å². The van der Waals surface area contributed by atoms with E-state index in [1.165, 1.54) is 0 Å². The van der Waals surface area contributed by atoms with E-state index in [2.05, 4.69) is 24.7 Å². The molecule has 1 saturated heterocycles. The summed E-state index contributed by atoms with van der Waals surface area (Å²) in [5.74, 6) is 0.670. The van der Waals surface area contributed by atoms with Gasteiger partial charge in [0.05, 0.1) is 0 Å².